The molecule has 0 saturated heterocycles. The molecular formula is C16H20FN2O3+. The van der Waals surface area contributed by atoms with Crippen molar-refractivity contribution >= 4 is 6.08 Å². The molecule has 0 unspecified atom stereocenters. The predicted molar refractivity (Wildman–Crippen MR) is 79.9 cm³/mol. The lowest BCUT2D eigenvalue weighted by atomic mass is 10.1. The molecule has 0 radical (unpaired) electrons. The van der Waals surface area contributed by atoms with Gasteiger partial charge in [0.1, 0.15) is 12.4 Å². The van der Waals surface area contributed by atoms with E-state index in [1.54, 1.807) is 18.2 Å². The summed E-state index contributed by atoms with van der Waals surface area (Å²) in [5, 5.41) is 16.5. The molecule has 0 fully saturated rings. The highest BCUT2D eigenvalue weighted by molar-refractivity contribution is 5.48. The maximum atomic E-state index is 12.9. The van der Waals surface area contributed by atoms with Gasteiger partial charge in [-0.05, 0) is 22.4 Å². The number of pyridine rings is 1. The summed E-state index contributed by atoms with van der Waals surface area (Å²) in [4.78, 5) is 3.89. The van der Waals surface area contributed by atoms with Crippen molar-refractivity contribution < 1.29 is 24.8 Å². The first-order valence-corrected chi connectivity index (χ1v) is 6.90. The topological polar surface area (TPSA) is 67.0 Å². The Balaban J connectivity index is 0.00000116. The molecule has 0 aliphatic heterocycles. The molecule has 1 heterocycles. The Hall–Kier alpha value is -2.28. The molecule has 0 spiro atoms. The Kier molecular flexibility index (Phi) is 7.77. The molecule has 1 aromatic carbocycles. The van der Waals surface area contributed by atoms with Crippen molar-refractivity contribution in [1.82, 2.24) is 4.98 Å². The number of quaternary nitrogens is 1. The fourth-order valence-corrected chi connectivity index (χ4v) is 1.52. The van der Waals surface area contributed by atoms with Crippen molar-refractivity contribution in [3.05, 3.63) is 65.7 Å². The SMILES string of the molecule is CC.O[NH+](O)/C=C/c1ccc(COc2cc(F)ccn2)cc1. The van der Waals surface area contributed by atoms with Gasteiger partial charge in [-0.2, -0.15) is 10.4 Å². The molecule has 3 N–H and O–H groups in total. The molecular weight excluding hydrogens is 287 g/mol. The third-order valence-corrected chi connectivity index (χ3v) is 2.49. The minimum atomic E-state index is -0.741. The average Bonchev–Trinajstić information content (AvgIpc) is 2.54. The summed E-state index contributed by atoms with van der Waals surface area (Å²) in [6.07, 6.45) is 4.09. The smallest absolute Gasteiger partial charge is 0.216 e. The van der Waals surface area contributed by atoms with Gasteiger partial charge in [-0.15, -0.1) is 0 Å². The van der Waals surface area contributed by atoms with Crippen LogP contribution in [-0.4, -0.2) is 15.4 Å². The van der Waals surface area contributed by atoms with E-state index >= 15 is 0 Å². The third-order valence-electron chi connectivity index (χ3n) is 2.49. The molecule has 0 saturated carbocycles. The van der Waals surface area contributed by atoms with Gasteiger partial charge in [0, 0.05) is 18.3 Å². The van der Waals surface area contributed by atoms with E-state index in [-0.39, 0.29) is 12.5 Å². The summed E-state index contributed by atoms with van der Waals surface area (Å²) in [6, 6.07) is 9.73. The first-order valence-electron chi connectivity index (χ1n) is 6.90. The summed E-state index contributed by atoms with van der Waals surface area (Å²) in [5.41, 5.74) is 1.71. The van der Waals surface area contributed by atoms with Crippen LogP contribution in [0.1, 0.15) is 25.0 Å². The molecule has 0 bridgehead atoms. The van der Waals surface area contributed by atoms with Gasteiger partial charge in [0.15, 0.2) is 6.20 Å². The average molecular weight is 307 g/mol. The van der Waals surface area contributed by atoms with Crippen molar-refractivity contribution in [3.8, 4) is 5.88 Å². The monoisotopic (exact) mass is 307 g/mol. The number of benzene rings is 1. The lowest BCUT2D eigenvalue weighted by Crippen LogP contribution is -3.02. The molecule has 0 atom stereocenters. The van der Waals surface area contributed by atoms with E-state index in [2.05, 4.69) is 4.98 Å². The van der Waals surface area contributed by atoms with Crippen LogP contribution in [0.25, 0.3) is 6.08 Å². The van der Waals surface area contributed by atoms with Crippen LogP contribution >= 0.6 is 0 Å². The van der Waals surface area contributed by atoms with Gasteiger partial charge in [-0.3, -0.25) is 0 Å². The van der Waals surface area contributed by atoms with Crippen LogP contribution in [0.15, 0.2) is 48.8 Å². The minimum absolute atomic E-state index is 0.230. The number of rotatable bonds is 5. The number of hydrogen-bond acceptors (Lipinski definition) is 4. The molecule has 6 heteroatoms. The molecule has 1 aromatic heterocycles. The number of hydrogen-bond donors (Lipinski definition) is 3. The lowest BCUT2D eigenvalue weighted by Gasteiger charge is -2.05. The number of nitrogens with one attached hydrogen (secondary N) is 1. The lowest BCUT2D eigenvalue weighted by molar-refractivity contribution is -1.20. The summed E-state index contributed by atoms with van der Waals surface area (Å²) >= 11 is 0. The highest BCUT2D eigenvalue weighted by atomic mass is 19.1. The molecule has 0 aliphatic rings. The van der Waals surface area contributed by atoms with E-state index in [9.17, 15) is 4.39 Å². The Labute approximate surface area is 128 Å². The zero-order valence-corrected chi connectivity index (χ0v) is 12.5. The van der Waals surface area contributed by atoms with E-state index < -0.39 is 11.0 Å². The molecule has 0 aliphatic carbocycles. The van der Waals surface area contributed by atoms with Gasteiger partial charge >= 0.3 is 0 Å². The number of halogens is 1. The Morgan fingerprint density at radius 3 is 2.45 bits per heavy atom. The highest BCUT2D eigenvalue weighted by Crippen LogP contribution is 2.11. The van der Waals surface area contributed by atoms with Gasteiger partial charge in [0.25, 0.3) is 0 Å². The van der Waals surface area contributed by atoms with Crippen LogP contribution in [-0.2, 0) is 6.61 Å². The zero-order valence-electron chi connectivity index (χ0n) is 12.5. The first-order chi connectivity index (χ1) is 10.6. The van der Waals surface area contributed by atoms with Gasteiger partial charge in [0.2, 0.25) is 5.88 Å². The first kappa shape index (κ1) is 17.8. The largest absolute Gasteiger partial charge is 0.473 e. The van der Waals surface area contributed by atoms with Crippen molar-refractivity contribution in [1.29, 1.82) is 0 Å². The molecule has 0 amide bonds. The molecule has 5 nitrogen and oxygen atoms in total. The minimum Gasteiger partial charge on any atom is -0.473 e. The molecule has 2 aromatic rings. The number of ether oxygens (including phenoxy) is 1. The van der Waals surface area contributed by atoms with Crippen LogP contribution in [0.2, 0.25) is 0 Å². The van der Waals surface area contributed by atoms with Gasteiger partial charge < -0.3 is 4.74 Å². The Morgan fingerprint density at radius 2 is 1.86 bits per heavy atom. The van der Waals surface area contributed by atoms with Crippen LogP contribution in [0.4, 0.5) is 4.39 Å². The van der Waals surface area contributed by atoms with E-state index in [0.29, 0.717) is 0 Å². The highest BCUT2D eigenvalue weighted by Gasteiger charge is 1.99. The zero-order chi connectivity index (χ0) is 16.4. The van der Waals surface area contributed by atoms with E-state index in [0.717, 1.165) is 11.1 Å². The van der Waals surface area contributed by atoms with Crippen LogP contribution in [0.5, 0.6) is 5.88 Å². The van der Waals surface area contributed by atoms with Crippen molar-refractivity contribution in [3.63, 3.8) is 0 Å². The van der Waals surface area contributed by atoms with Crippen LogP contribution in [0.3, 0.4) is 0 Å². The molecule has 2 rings (SSSR count). The summed E-state index contributed by atoms with van der Waals surface area (Å²) < 4.78 is 18.3. The van der Waals surface area contributed by atoms with Gasteiger partial charge in [-0.1, -0.05) is 38.1 Å². The quantitative estimate of drug-likeness (QED) is 0.742. The van der Waals surface area contributed by atoms with Crippen molar-refractivity contribution in [2.24, 2.45) is 0 Å². The Bertz CT molecular complexity index is 586. The fourth-order valence-electron chi connectivity index (χ4n) is 1.52. The number of nitrogens with zero attached hydrogens (tertiary/aromatic N) is 1. The summed E-state index contributed by atoms with van der Waals surface area (Å²) in [7, 11) is 0. The van der Waals surface area contributed by atoms with Crippen LogP contribution in [0, 0.1) is 5.82 Å². The second-order valence-electron chi connectivity index (χ2n) is 4.03. The maximum absolute atomic E-state index is 12.9. The molecule has 22 heavy (non-hydrogen) atoms. The van der Waals surface area contributed by atoms with Gasteiger partial charge in [-0.25, -0.2) is 9.37 Å². The number of aromatic nitrogens is 1. The van der Waals surface area contributed by atoms with Crippen molar-refractivity contribution in [2.45, 2.75) is 20.5 Å². The Morgan fingerprint density at radius 1 is 1.18 bits per heavy atom. The molecule has 118 valence electrons. The normalized spacial score (nSPS) is 10.5. The predicted octanol–water partition coefficient (Wildman–Crippen LogP) is 2.46. The van der Waals surface area contributed by atoms with Gasteiger partial charge in [0.05, 0.1) is 0 Å². The maximum Gasteiger partial charge on any atom is 0.216 e. The second kappa shape index (κ2) is 9.62. The van der Waals surface area contributed by atoms with E-state index in [1.165, 1.54) is 24.5 Å². The third kappa shape index (κ3) is 6.45. The number of hydroxylamine groups is 2. The summed E-state index contributed by atoms with van der Waals surface area (Å²) in [5.74, 6) is -0.163. The second-order valence-corrected chi connectivity index (χ2v) is 4.03. The van der Waals surface area contributed by atoms with E-state index in [1.807, 2.05) is 26.0 Å². The standard InChI is InChI=1S/C14H13FN2O3.C2H6/c15-13-5-7-16-14(9-13)20-10-12-3-1-11(2-4-12)6-8-17(18)19;1-2/h1-9,18-19H,10H2;1-2H3/p+1/b8-6+;. The van der Waals surface area contributed by atoms with Crippen LogP contribution < -0.4 is 9.96 Å². The fraction of sp³-hybridized carbons (Fsp3) is 0.188. The summed E-state index contributed by atoms with van der Waals surface area (Å²) in [6.45, 7) is 4.28. The van der Waals surface area contributed by atoms with Crippen molar-refractivity contribution in [2.75, 3.05) is 0 Å². The van der Waals surface area contributed by atoms with E-state index in [4.69, 9.17) is 15.2 Å².